The molecular weight excluding hydrogens is 224 g/mol. The normalized spacial score (nSPS) is 10.2. The summed E-state index contributed by atoms with van der Waals surface area (Å²) < 4.78 is 0. The molecule has 0 bridgehead atoms. The van der Waals surface area contributed by atoms with Gasteiger partial charge in [-0.2, -0.15) is 5.10 Å². The lowest BCUT2D eigenvalue weighted by molar-refractivity contribution is -0.384. The van der Waals surface area contributed by atoms with Gasteiger partial charge in [-0.25, -0.2) is 0 Å². The fourth-order valence-corrected chi connectivity index (χ4v) is 1.44. The first kappa shape index (κ1) is 10.9. The van der Waals surface area contributed by atoms with Crippen LogP contribution in [0.3, 0.4) is 0 Å². The summed E-state index contributed by atoms with van der Waals surface area (Å²) in [6.07, 6.45) is 1.48. The van der Waals surface area contributed by atoms with Crippen LogP contribution in [-0.2, 0) is 4.79 Å². The Morgan fingerprint density at radius 1 is 1.47 bits per heavy atom. The third-order valence-electron chi connectivity index (χ3n) is 2.15. The van der Waals surface area contributed by atoms with Crippen molar-refractivity contribution < 1.29 is 9.72 Å². The van der Waals surface area contributed by atoms with Crippen LogP contribution in [0.1, 0.15) is 6.92 Å². The molecule has 1 N–H and O–H groups in total. The number of benzene rings is 1. The van der Waals surface area contributed by atoms with Gasteiger partial charge in [-0.1, -0.05) is 0 Å². The van der Waals surface area contributed by atoms with Crippen LogP contribution in [-0.4, -0.2) is 21.0 Å². The van der Waals surface area contributed by atoms with E-state index in [1.807, 2.05) is 0 Å². The molecule has 7 heteroatoms. The fourth-order valence-electron chi connectivity index (χ4n) is 1.44. The van der Waals surface area contributed by atoms with Crippen molar-refractivity contribution >= 4 is 28.2 Å². The zero-order valence-corrected chi connectivity index (χ0v) is 8.88. The number of nitrogens with zero attached hydrogens (tertiary/aromatic N) is 3. The number of hydrogen-bond donors (Lipinski definition) is 1. The molecule has 1 heterocycles. The van der Waals surface area contributed by atoms with Crippen LogP contribution in [0.4, 0.5) is 11.5 Å². The van der Waals surface area contributed by atoms with Gasteiger partial charge in [-0.3, -0.25) is 14.9 Å². The van der Waals surface area contributed by atoms with E-state index in [0.717, 1.165) is 0 Å². The number of fused-ring (bicyclic) bond motifs is 1. The number of nitro groups is 1. The molecule has 86 valence electrons. The molecular formula is C10H8N4O3. The van der Waals surface area contributed by atoms with E-state index in [-0.39, 0.29) is 17.4 Å². The summed E-state index contributed by atoms with van der Waals surface area (Å²) in [5.74, 6) is -0.0861. The number of carbonyl (C=O) groups is 1. The molecule has 0 fully saturated rings. The zero-order valence-electron chi connectivity index (χ0n) is 8.88. The molecule has 2 rings (SSSR count). The van der Waals surface area contributed by atoms with Crippen molar-refractivity contribution in [3.05, 3.63) is 34.5 Å². The van der Waals surface area contributed by atoms with Gasteiger partial charge in [0, 0.05) is 29.8 Å². The smallest absolute Gasteiger partial charge is 0.270 e. The van der Waals surface area contributed by atoms with Crippen LogP contribution in [0, 0.1) is 10.1 Å². The topological polar surface area (TPSA) is 98.0 Å². The number of anilines is 1. The number of amides is 1. The average molecular weight is 232 g/mol. The van der Waals surface area contributed by atoms with Gasteiger partial charge in [0.15, 0.2) is 5.82 Å². The van der Waals surface area contributed by atoms with Crippen LogP contribution >= 0.6 is 0 Å². The molecule has 1 aromatic heterocycles. The number of non-ortho nitro benzene ring substituents is 1. The van der Waals surface area contributed by atoms with E-state index in [1.165, 1.54) is 25.3 Å². The van der Waals surface area contributed by atoms with Crippen molar-refractivity contribution in [1.82, 2.24) is 10.2 Å². The van der Waals surface area contributed by atoms with Crippen LogP contribution in [0.25, 0.3) is 10.8 Å². The minimum atomic E-state index is -0.503. The average Bonchev–Trinajstić information content (AvgIpc) is 2.28. The second-order valence-corrected chi connectivity index (χ2v) is 3.40. The number of nitrogens with one attached hydrogen (secondary N) is 1. The Labute approximate surface area is 95.6 Å². The van der Waals surface area contributed by atoms with E-state index in [2.05, 4.69) is 15.5 Å². The Morgan fingerprint density at radius 2 is 2.24 bits per heavy atom. The van der Waals surface area contributed by atoms with Crippen molar-refractivity contribution in [3.8, 4) is 0 Å². The third kappa shape index (κ3) is 2.17. The van der Waals surface area contributed by atoms with Gasteiger partial charge in [-0.05, 0) is 6.07 Å². The molecule has 0 atom stereocenters. The van der Waals surface area contributed by atoms with Gasteiger partial charge in [0.2, 0.25) is 5.91 Å². The van der Waals surface area contributed by atoms with Gasteiger partial charge in [0.25, 0.3) is 5.69 Å². The van der Waals surface area contributed by atoms with E-state index >= 15 is 0 Å². The van der Waals surface area contributed by atoms with Gasteiger partial charge >= 0.3 is 0 Å². The minimum absolute atomic E-state index is 0.0582. The maximum atomic E-state index is 11.0. The highest BCUT2D eigenvalue weighted by Gasteiger charge is 2.10. The molecule has 0 saturated carbocycles. The van der Waals surface area contributed by atoms with Crippen molar-refractivity contribution in [2.45, 2.75) is 6.92 Å². The maximum absolute atomic E-state index is 11.0. The predicted octanol–water partition coefficient (Wildman–Crippen LogP) is 1.50. The SMILES string of the molecule is CC(=O)Nc1nncc2ccc([N+](=O)[O-])cc12. The molecule has 17 heavy (non-hydrogen) atoms. The number of carbonyl (C=O) groups excluding carboxylic acids is 1. The zero-order chi connectivity index (χ0) is 12.4. The van der Waals surface area contributed by atoms with Gasteiger partial charge in [0.1, 0.15) is 0 Å². The van der Waals surface area contributed by atoms with Gasteiger partial charge in [-0.15, -0.1) is 5.10 Å². The van der Waals surface area contributed by atoms with Crippen molar-refractivity contribution in [3.63, 3.8) is 0 Å². The number of rotatable bonds is 2. The largest absolute Gasteiger partial charge is 0.309 e. The van der Waals surface area contributed by atoms with Gasteiger partial charge < -0.3 is 5.32 Å². The monoisotopic (exact) mass is 232 g/mol. The van der Waals surface area contributed by atoms with Crippen molar-refractivity contribution in [2.24, 2.45) is 0 Å². The molecule has 0 radical (unpaired) electrons. The molecule has 7 nitrogen and oxygen atoms in total. The van der Waals surface area contributed by atoms with E-state index in [9.17, 15) is 14.9 Å². The Hall–Kier alpha value is -2.57. The summed E-state index contributed by atoms with van der Waals surface area (Å²) in [4.78, 5) is 21.1. The van der Waals surface area contributed by atoms with E-state index in [4.69, 9.17) is 0 Å². The fraction of sp³-hybridized carbons (Fsp3) is 0.100. The molecule has 2 aromatic rings. The van der Waals surface area contributed by atoms with Crippen LogP contribution in [0.2, 0.25) is 0 Å². The van der Waals surface area contributed by atoms with E-state index < -0.39 is 4.92 Å². The lowest BCUT2D eigenvalue weighted by Gasteiger charge is -2.04. The number of hydrogen-bond acceptors (Lipinski definition) is 5. The highest BCUT2D eigenvalue weighted by Crippen LogP contribution is 2.24. The van der Waals surface area contributed by atoms with Crippen molar-refractivity contribution in [2.75, 3.05) is 5.32 Å². The lowest BCUT2D eigenvalue weighted by atomic mass is 10.1. The second kappa shape index (κ2) is 4.12. The molecule has 0 aliphatic heterocycles. The van der Waals surface area contributed by atoms with E-state index in [0.29, 0.717) is 10.8 Å². The summed E-state index contributed by atoms with van der Waals surface area (Å²) in [5.41, 5.74) is -0.0582. The summed E-state index contributed by atoms with van der Waals surface area (Å²) >= 11 is 0. The summed E-state index contributed by atoms with van der Waals surface area (Å²) in [6.45, 7) is 1.33. The first-order chi connectivity index (χ1) is 8.08. The highest BCUT2D eigenvalue weighted by molar-refractivity contribution is 5.99. The molecule has 0 aliphatic rings. The van der Waals surface area contributed by atoms with Gasteiger partial charge in [0.05, 0.1) is 11.1 Å². The van der Waals surface area contributed by atoms with Crippen LogP contribution < -0.4 is 5.32 Å². The molecule has 0 saturated heterocycles. The van der Waals surface area contributed by atoms with Crippen LogP contribution in [0.15, 0.2) is 24.4 Å². The maximum Gasteiger partial charge on any atom is 0.270 e. The highest BCUT2D eigenvalue weighted by atomic mass is 16.6. The molecule has 0 aliphatic carbocycles. The van der Waals surface area contributed by atoms with Crippen LogP contribution in [0.5, 0.6) is 0 Å². The first-order valence-electron chi connectivity index (χ1n) is 4.75. The second-order valence-electron chi connectivity index (χ2n) is 3.40. The van der Waals surface area contributed by atoms with E-state index in [1.54, 1.807) is 6.07 Å². The predicted molar refractivity (Wildman–Crippen MR) is 60.5 cm³/mol. The molecule has 1 amide bonds. The first-order valence-corrected chi connectivity index (χ1v) is 4.75. The summed E-state index contributed by atoms with van der Waals surface area (Å²) in [5, 5.41) is 21.8. The Kier molecular flexibility index (Phi) is 2.65. The minimum Gasteiger partial charge on any atom is -0.309 e. The summed E-state index contributed by atoms with van der Waals surface area (Å²) in [6, 6.07) is 4.30. The number of aromatic nitrogens is 2. The van der Waals surface area contributed by atoms with Crippen molar-refractivity contribution in [1.29, 1.82) is 0 Å². The Bertz CT molecular complexity index is 612. The molecule has 0 unspecified atom stereocenters. The molecule has 1 aromatic carbocycles. The quantitative estimate of drug-likeness (QED) is 0.624. The standard InChI is InChI=1S/C10H8N4O3/c1-6(15)12-10-9-4-8(14(16)17)3-2-7(9)5-11-13-10/h2-5H,1H3,(H,12,13,15). The summed E-state index contributed by atoms with van der Waals surface area (Å²) in [7, 11) is 0. The third-order valence-corrected chi connectivity index (χ3v) is 2.15. The lowest BCUT2D eigenvalue weighted by Crippen LogP contribution is -2.08. The molecule has 0 spiro atoms. The Morgan fingerprint density at radius 3 is 2.88 bits per heavy atom. The number of nitro benzene ring substituents is 1. The Balaban J connectivity index is 2.63.